The summed E-state index contributed by atoms with van der Waals surface area (Å²) >= 11 is 0. The van der Waals surface area contributed by atoms with Crippen LogP contribution in [-0.4, -0.2) is 24.0 Å². The molecule has 1 aromatic carbocycles. The Labute approximate surface area is 99.5 Å². The van der Waals surface area contributed by atoms with Crippen molar-refractivity contribution in [1.29, 1.82) is 0 Å². The number of nitrogens with zero attached hydrogens (tertiary/aromatic N) is 1. The van der Waals surface area contributed by atoms with Gasteiger partial charge in [0.2, 0.25) is 0 Å². The van der Waals surface area contributed by atoms with Gasteiger partial charge in [-0.15, -0.1) is 0 Å². The number of hydrogen-bond acceptors (Lipinski definition) is 2. The second-order valence-electron chi connectivity index (χ2n) is 5.04. The zero-order valence-corrected chi connectivity index (χ0v) is 11.0. The van der Waals surface area contributed by atoms with Gasteiger partial charge in [-0.3, -0.25) is 4.90 Å². The molecule has 0 fully saturated rings. The van der Waals surface area contributed by atoms with Crippen molar-refractivity contribution in [2.45, 2.75) is 39.3 Å². The maximum absolute atomic E-state index is 5.76. The Kier molecular flexibility index (Phi) is 4.51. The van der Waals surface area contributed by atoms with E-state index in [2.05, 4.69) is 57.0 Å². The second-order valence-corrected chi connectivity index (χ2v) is 5.04. The third-order valence-electron chi connectivity index (χ3n) is 3.38. The van der Waals surface area contributed by atoms with Gasteiger partial charge in [0.1, 0.15) is 0 Å². The number of nitrogens with two attached hydrogens (primary N) is 1. The fourth-order valence-corrected chi connectivity index (χ4v) is 1.52. The molecule has 0 amide bonds. The van der Waals surface area contributed by atoms with Crippen LogP contribution >= 0.6 is 0 Å². The van der Waals surface area contributed by atoms with E-state index in [4.69, 9.17) is 5.73 Å². The molecule has 0 radical (unpaired) electrons. The SMILES string of the molecule is CCc1ccc(CN(C)C(C)(C)CN)cc1. The normalized spacial score (nSPS) is 12.1. The van der Waals surface area contributed by atoms with Crippen LogP contribution in [0.4, 0.5) is 0 Å². The van der Waals surface area contributed by atoms with Crippen molar-refractivity contribution in [3.05, 3.63) is 35.4 Å². The van der Waals surface area contributed by atoms with Crippen molar-refractivity contribution >= 4 is 0 Å². The van der Waals surface area contributed by atoms with E-state index in [9.17, 15) is 0 Å². The van der Waals surface area contributed by atoms with E-state index >= 15 is 0 Å². The Morgan fingerprint density at radius 1 is 1.12 bits per heavy atom. The van der Waals surface area contributed by atoms with Crippen LogP contribution in [0.5, 0.6) is 0 Å². The Morgan fingerprint density at radius 3 is 2.06 bits per heavy atom. The average Bonchev–Trinajstić information content (AvgIpc) is 2.30. The van der Waals surface area contributed by atoms with Gasteiger partial charge in [0.15, 0.2) is 0 Å². The molecule has 16 heavy (non-hydrogen) atoms. The van der Waals surface area contributed by atoms with Crippen LogP contribution in [0.15, 0.2) is 24.3 Å². The summed E-state index contributed by atoms with van der Waals surface area (Å²) in [6, 6.07) is 8.83. The number of rotatable bonds is 5. The van der Waals surface area contributed by atoms with E-state index < -0.39 is 0 Å². The topological polar surface area (TPSA) is 29.3 Å². The lowest BCUT2D eigenvalue weighted by atomic mass is 10.0. The van der Waals surface area contributed by atoms with Crippen molar-refractivity contribution in [3.63, 3.8) is 0 Å². The lowest BCUT2D eigenvalue weighted by Gasteiger charge is -2.34. The molecule has 0 saturated carbocycles. The number of likely N-dealkylation sites (N-methyl/N-ethyl adjacent to an activating group) is 1. The molecule has 0 unspecified atom stereocenters. The lowest BCUT2D eigenvalue weighted by Crippen LogP contribution is -2.46. The first-order chi connectivity index (χ1) is 7.49. The van der Waals surface area contributed by atoms with Gasteiger partial charge in [-0.2, -0.15) is 0 Å². The molecule has 0 bridgehead atoms. The first kappa shape index (κ1) is 13.2. The predicted molar refractivity (Wildman–Crippen MR) is 70.4 cm³/mol. The van der Waals surface area contributed by atoms with Crippen molar-refractivity contribution in [2.24, 2.45) is 5.73 Å². The number of aryl methyl sites for hydroxylation is 1. The van der Waals surface area contributed by atoms with E-state index in [1.54, 1.807) is 0 Å². The molecule has 1 rings (SSSR count). The highest BCUT2D eigenvalue weighted by Crippen LogP contribution is 2.15. The molecule has 2 heteroatoms. The Morgan fingerprint density at radius 2 is 1.62 bits per heavy atom. The van der Waals surface area contributed by atoms with Gasteiger partial charge >= 0.3 is 0 Å². The van der Waals surface area contributed by atoms with E-state index in [0.717, 1.165) is 13.0 Å². The maximum Gasteiger partial charge on any atom is 0.0275 e. The van der Waals surface area contributed by atoms with Gasteiger partial charge < -0.3 is 5.73 Å². The Bertz CT molecular complexity index is 314. The molecule has 0 heterocycles. The van der Waals surface area contributed by atoms with Crippen LogP contribution in [0, 0.1) is 0 Å². The standard InChI is InChI=1S/C14H24N2/c1-5-12-6-8-13(9-7-12)10-16(4)14(2,3)11-15/h6-9H,5,10-11,15H2,1-4H3. The quantitative estimate of drug-likeness (QED) is 0.825. The fraction of sp³-hybridized carbons (Fsp3) is 0.571. The van der Waals surface area contributed by atoms with Crippen LogP contribution in [0.1, 0.15) is 31.9 Å². The van der Waals surface area contributed by atoms with E-state index in [1.165, 1.54) is 11.1 Å². The molecule has 1 aromatic rings. The van der Waals surface area contributed by atoms with Crippen molar-refractivity contribution in [3.8, 4) is 0 Å². The van der Waals surface area contributed by atoms with Crippen LogP contribution < -0.4 is 5.73 Å². The summed E-state index contributed by atoms with van der Waals surface area (Å²) in [6.45, 7) is 8.16. The van der Waals surface area contributed by atoms with Crippen LogP contribution in [0.3, 0.4) is 0 Å². The molecule has 0 aliphatic rings. The smallest absolute Gasteiger partial charge is 0.0275 e. The van der Waals surface area contributed by atoms with Gasteiger partial charge in [0.05, 0.1) is 0 Å². The minimum Gasteiger partial charge on any atom is -0.329 e. The van der Waals surface area contributed by atoms with Gasteiger partial charge in [-0.1, -0.05) is 31.2 Å². The lowest BCUT2D eigenvalue weighted by molar-refractivity contribution is 0.156. The molecule has 0 aliphatic heterocycles. The minimum absolute atomic E-state index is 0.0590. The summed E-state index contributed by atoms with van der Waals surface area (Å²) in [4.78, 5) is 2.30. The summed E-state index contributed by atoms with van der Waals surface area (Å²) in [6.07, 6.45) is 1.10. The highest BCUT2D eigenvalue weighted by molar-refractivity contribution is 5.22. The minimum atomic E-state index is 0.0590. The Balaban J connectivity index is 2.66. The molecular weight excluding hydrogens is 196 g/mol. The van der Waals surface area contributed by atoms with Crippen molar-refractivity contribution in [1.82, 2.24) is 4.90 Å². The fourth-order valence-electron chi connectivity index (χ4n) is 1.52. The first-order valence-electron chi connectivity index (χ1n) is 5.98. The summed E-state index contributed by atoms with van der Waals surface area (Å²) in [5.74, 6) is 0. The summed E-state index contributed by atoms with van der Waals surface area (Å²) in [5, 5.41) is 0. The first-order valence-corrected chi connectivity index (χ1v) is 5.98. The highest BCUT2D eigenvalue weighted by Gasteiger charge is 2.21. The zero-order valence-electron chi connectivity index (χ0n) is 11.0. The summed E-state index contributed by atoms with van der Waals surface area (Å²) in [5.41, 5.74) is 8.57. The van der Waals surface area contributed by atoms with Gasteiger partial charge in [0.25, 0.3) is 0 Å². The molecule has 0 aromatic heterocycles. The van der Waals surface area contributed by atoms with Crippen LogP contribution in [0.25, 0.3) is 0 Å². The van der Waals surface area contributed by atoms with E-state index in [0.29, 0.717) is 6.54 Å². The van der Waals surface area contributed by atoms with Gasteiger partial charge in [0, 0.05) is 18.6 Å². The summed E-state index contributed by atoms with van der Waals surface area (Å²) in [7, 11) is 2.13. The van der Waals surface area contributed by atoms with Crippen LogP contribution in [0.2, 0.25) is 0 Å². The molecule has 0 spiro atoms. The monoisotopic (exact) mass is 220 g/mol. The number of hydrogen-bond donors (Lipinski definition) is 1. The largest absolute Gasteiger partial charge is 0.329 e. The van der Waals surface area contributed by atoms with Gasteiger partial charge in [-0.05, 0) is 38.4 Å². The number of benzene rings is 1. The Hall–Kier alpha value is -0.860. The molecule has 0 saturated heterocycles. The molecule has 90 valence electrons. The molecule has 2 nitrogen and oxygen atoms in total. The highest BCUT2D eigenvalue weighted by atomic mass is 15.2. The molecule has 0 atom stereocenters. The van der Waals surface area contributed by atoms with Crippen molar-refractivity contribution < 1.29 is 0 Å². The van der Waals surface area contributed by atoms with Crippen LogP contribution in [-0.2, 0) is 13.0 Å². The maximum atomic E-state index is 5.76. The van der Waals surface area contributed by atoms with Crippen molar-refractivity contribution in [2.75, 3.05) is 13.6 Å². The van der Waals surface area contributed by atoms with E-state index in [1.807, 2.05) is 0 Å². The molecule has 0 aliphatic carbocycles. The van der Waals surface area contributed by atoms with Gasteiger partial charge in [-0.25, -0.2) is 0 Å². The molecule has 2 N–H and O–H groups in total. The average molecular weight is 220 g/mol. The summed E-state index contributed by atoms with van der Waals surface area (Å²) < 4.78 is 0. The third-order valence-corrected chi connectivity index (χ3v) is 3.38. The third kappa shape index (κ3) is 3.32. The zero-order chi connectivity index (χ0) is 12.2. The molecular formula is C14H24N2. The van der Waals surface area contributed by atoms with E-state index in [-0.39, 0.29) is 5.54 Å². The second kappa shape index (κ2) is 5.46. The predicted octanol–water partition coefficient (Wildman–Crippen LogP) is 2.42.